The van der Waals surface area contributed by atoms with Crippen molar-refractivity contribution >= 4 is 95.5 Å². The van der Waals surface area contributed by atoms with Crippen molar-refractivity contribution in [1.82, 2.24) is 4.48 Å². The number of rotatable bonds is 14. The molecule has 3 heterocycles. The van der Waals surface area contributed by atoms with Crippen molar-refractivity contribution in [3.63, 3.8) is 0 Å². The minimum atomic E-state index is -4.34. The van der Waals surface area contributed by atoms with E-state index in [2.05, 4.69) is 39.8 Å². The Hall–Kier alpha value is -2.78. The van der Waals surface area contributed by atoms with E-state index < -0.39 is 27.9 Å². The number of carboxylic acids is 1. The number of carboxylic acid groups (broad SMARTS) is 1. The smallest absolute Gasteiger partial charge is 0.748 e. The van der Waals surface area contributed by atoms with Gasteiger partial charge in [0.2, 0.25) is 5.52 Å². The number of benzene rings is 4. The fourth-order valence-corrected chi connectivity index (χ4v) is 10.3. The molecule has 52 heavy (non-hydrogen) atoms. The van der Waals surface area contributed by atoms with Crippen molar-refractivity contribution in [2.45, 2.75) is 49.6 Å². The molecule has 1 aromatic heterocycles. The van der Waals surface area contributed by atoms with E-state index in [1.165, 1.54) is 0 Å². The number of thiazole rings is 1. The van der Waals surface area contributed by atoms with Gasteiger partial charge in [-0.3, -0.25) is 9.28 Å². The monoisotopic (exact) mass is 784 g/mol. The quantitative estimate of drug-likeness (QED) is 0.0420. The van der Waals surface area contributed by atoms with Gasteiger partial charge in [0.25, 0.3) is 5.01 Å². The van der Waals surface area contributed by atoms with Crippen LogP contribution in [0, 0.1) is 0 Å². The van der Waals surface area contributed by atoms with Gasteiger partial charge in [0.15, 0.2) is 6.54 Å². The number of aryl methyl sites for hydroxylation is 1. The average molecular weight is 785 g/mol. The van der Waals surface area contributed by atoms with Crippen LogP contribution in [0.3, 0.4) is 0 Å². The molecule has 4 aromatic carbocycles. The summed E-state index contributed by atoms with van der Waals surface area (Å²) in [6.45, 7) is 2.47. The summed E-state index contributed by atoms with van der Waals surface area (Å²) in [4.78, 5) is 26.7. The third-order valence-corrected chi connectivity index (χ3v) is 13.2. The third kappa shape index (κ3) is 8.15. The molecule has 5 aromatic rings. The van der Waals surface area contributed by atoms with E-state index in [0.29, 0.717) is 47.7 Å². The maximum Gasteiger partial charge on any atom is 1.00 e. The molecule has 9 nitrogen and oxygen atoms in total. The van der Waals surface area contributed by atoms with Crippen molar-refractivity contribution in [2.24, 2.45) is 0 Å². The predicted molar refractivity (Wildman–Crippen MR) is 202 cm³/mol. The van der Waals surface area contributed by atoms with E-state index in [-0.39, 0.29) is 36.0 Å². The number of quaternary nitrogens is 1. The van der Waals surface area contributed by atoms with Gasteiger partial charge in [-0.25, -0.2) is 8.42 Å². The van der Waals surface area contributed by atoms with E-state index in [9.17, 15) is 27.7 Å². The van der Waals surface area contributed by atoms with E-state index in [1.54, 1.807) is 35.2 Å². The molecule has 0 spiro atoms. The number of hydrogen-bond donors (Lipinski definition) is 0. The van der Waals surface area contributed by atoms with Crippen LogP contribution in [0.25, 0.3) is 27.1 Å². The van der Waals surface area contributed by atoms with Gasteiger partial charge in [0, 0.05) is 40.3 Å². The standard InChI is InChI=1S/C38H36ClN3O6S3.Na/c39-29-11-14-34-32(23-29)40(16-4-1-5-18-42(19-15-33(42)38(44)45)30-12-9-26(25-43)10-13-30)36(49-34)24-37-41(17-6-20-51(46,47)48)31-21-27-7-2-3-8-28(27)22-35(31)50-37;/h2-3,7-14,21-25,33H,1,4-6,15-20H2;/q;+1. The molecule has 2 aliphatic heterocycles. The van der Waals surface area contributed by atoms with Gasteiger partial charge in [-0.2, -0.15) is 4.57 Å². The van der Waals surface area contributed by atoms with Gasteiger partial charge in [-0.15, -0.1) is 0 Å². The number of carbonyl (C=O) groups excluding carboxylic acids is 2. The molecular formula is C38H36ClN3NaO6S3+. The number of unbranched alkanes of at least 4 members (excludes halogenated alkanes) is 2. The first-order valence-corrected chi connectivity index (χ1v) is 20.5. The van der Waals surface area contributed by atoms with Crippen LogP contribution >= 0.6 is 34.7 Å². The zero-order valence-corrected chi connectivity index (χ0v) is 33.9. The number of aldehydes is 1. The molecular weight excluding hydrogens is 749 g/mol. The summed E-state index contributed by atoms with van der Waals surface area (Å²) >= 11 is 9.78. The topological polar surface area (TPSA) is 122 Å². The summed E-state index contributed by atoms with van der Waals surface area (Å²) in [5.74, 6) is -1.47. The largest absolute Gasteiger partial charge is 1.00 e. The first-order valence-electron chi connectivity index (χ1n) is 16.9. The van der Waals surface area contributed by atoms with Crippen LogP contribution in [0.15, 0.2) is 88.8 Å². The van der Waals surface area contributed by atoms with Crippen molar-refractivity contribution in [2.75, 3.05) is 30.3 Å². The molecule has 2 atom stereocenters. The van der Waals surface area contributed by atoms with Crippen LogP contribution in [0.1, 0.15) is 47.5 Å². The summed E-state index contributed by atoms with van der Waals surface area (Å²) in [6, 6.07) is 24.9. The molecule has 7 rings (SSSR count). The second-order valence-electron chi connectivity index (χ2n) is 13.1. The number of anilines is 1. The number of hydrogen-bond acceptors (Lipinski definition) is 9. The van der Waals surface area contributed by atoms with E-state index in [0.717, 1.165) is 72.8 Å². The Morgan fingerprint density at radius 1 is 1.00 bits per heavy atom. The molecule has 0 aliphatic carbocycles. The number of thioether (sulfide) groups is 1. The summed E-state index contributed by atoms with van der Waals surface area (Å²) in [6.07, 6.45) is 6.24. The first kappa shape index (κ1) is 38.9. The van der Waals surface area contributed by atoms with Crippen molar-refractivity contribution in [3.8, 4) is 0 Å². The van der Waals surface area contributed by atoms with Crippen LogP contribution in [-0.2, 0) is 21.5 Å². The zero-order valence-electron chi connectivity index (χ0n) is 28.7. The van der Waals surface area contributed by atoms with Crippen LogP contribution in [-0.4, -0.2) is 56.7 Å². The molecule has 2 unspecified atom stereocenters. The van der Waals surface area contributed by atoms with Crippen molar-refractivity contribution in [1.29, 1.82) is 0 Å². The normalized spacial score (nSPS) is 19.1. The predicted octanol–water partition coefficient (Wildman–Crippen LogP) is 3.36. The number of carbonyl (C=O) groups is 2. The van der Waals surface area contributed by atoms with Gasteiger partial charge in [-0.05, 0) is 78.6 Å². The van der Waals surface area contributed by atoms with Gasteiger partial charge >= 0.3 is 29.6 Å². The molecule has 0 radical (unpaired) electrons. The van der Waals surface area contributed by atoms with E-state index in [1.807, 2.05) is 42.5 Å². The maximum atomic E-state index is 12.1. The zero-order chi connectivity index (χ0) is 35.8. The SMILES string of the molecule is O=Cc1ccc([N+]2(CCCCCN3/C(=C/c4sc5cc6ccccc6cc5[n+]4CCCS(=O)(=O)[O-])Sc4ccc(Cl)cc43)CCC2C(=O)[O-])cc1.[Na+]. The maximum absolute atomic E-state index is 12.1. The van der Waals surface area contributed by atoms with Crippen molar-refractivity contribution < 1.29 is 61.8 Å². The molecule has 264 valence electrons. The number of aliphatic carboxylic acids is 1. The molecule has 0 saturated carbocycles. The number of aromatic nitrogens is 1. The van der Waals surface area contributed by atoms with Crippen molar-refractivity contribution in [3.05, 3.63) is 99.5 Å². The Labute approximate surface area is 338 Å². The van der Waals surface area contributed by atoms with Gasteiger partial charge in [0.1, 0.15) is 22.7 Å². The number of fused-ring (bicyclic) bond motifs is 3. The summed E-state index contributed by atoms with van der Waals surface area (Å²) in [5, 5.41) is 16.9. The minimum absolute atomic E-state index is 0. The summed E-state index contributed by atoms with van der Waals surface area (Å²) < 4.78 is 38.0. The van der Waals surface area contributed by atoms with Gasteiger partial charge < -0.3 is 19.4 Å². The van der Waals surface area contributed by atoms with Gasteiger partial charge in [-0.1, -0.05) is 59.0 Å². The Balaban J connectivity index is 0.00000464. The minimum Gasteiger partial charge on any atom is -0.748 e. The van der Waals surface area contributed by atoms with Crippen LogP contribution < -0.4 is 48.6 Å². The number of likely N-dealkylation sites (tertiary alicyclic amines) is 1. The second kappa shape index (κ2) is 16.3. The Morgan fingerprint density at radius 2 is 1.75 bits per heavy atom. The summed E-state index contributed by atoms with van der Waals surface area (Å²) in [5.41, 5.74) is 3.46. The molecule has 1 saturated heterocycles. The van der Waals surface area contributed by atoms with Crippen LogP contribution in [0.5, 0.6) is 0 Å². The Bertz CT molecular complexity index is 2280. The number of nitrogens with zero attached hydrogens (tertiary/aromatic N) is 3. The molecule has 0 amide bonds. The Kier molecular flexibility index (Phi) is 12.2. The fraction of sp³-hybridized carbons (Fsp3) is 0.289. The first-order chi connectivity index (χ1) is 24.5. The molecule has 2 aliphatic rings. The second-order valence-corrected chi connectivity index (χ2v) is 17.2. The van der Waals surface area contributed by atoms with Crippen LogP contribution in [0.4, 0.5) is 11.4 Å². The molecule has 1 fully saturated rings. The number of halogens is 1. The molecule has 14 heteroatoms. The van der Waals surface area contributed by atoms with Gasteiger partial charge in [0.05, 0.1) is 52.4 Å². The fourth-order valence-electron chi connectivity index (χ4n) is 7.33. The third-order valence-electron chi connectivity index (χ3n) is 9.97. The van der Waals surface area contributed by atoms with Crippen LogP contribution in [0.2, 0.25) is 5.02 Å². The van der Waals surface area contributed by atoms with E-state index in [4.69, 9.17) is 11.6 Å². The molecule has 0 N–H and O–H groups in total. The Morgan fingerprint density at radius 3 is 2.42 bits per heavy atom. The van der Waals surface area contributed by atoms with E-state index >= 15 is 0 Å². The molecule has 0 bridgehead atoms. The summed E-state index contributed by atoms with van der Waals surface area (Å²) in [7, 11) is -4.34. The average Bonchev–Trinajstić information content (AvgIpc) is 3.59.